The van der Waals surface area contributed by atoms with Gasteiger partial charge < -0.3 is 42.9 Å². The largest absolute Gasteiger partial charge is 0.481 e. The molecule has 0 aromatic heterocycles. The summed E-state index contributed by atoms with van der Waals surface area (Å²) in [5.74, 6) is -4.88. The lowest BCUT2D eigenvalue weighted by Gasteiger charge is -2.19. The van der Waals surface area contributed by atoms with Gasteiger partial charge in [0, 0.05) is 6.54 Å². The summed E-state index contributed by atoms with van der Waals surface area (Å²) in [4.78, 5) is 62.5. The van der Waals surface area contributed by atoms with Gasteiger partial charge in [-0.2, -0.15) is 0 Å². The first-order chi connectivity index (χ1) is 14.6. The lowest BCUT2D eigenvalue weighted by Crippen LogP contribution is -2.54. The Morgan fingerprint density at radius 1 is 1.10 bits per heavy atom. The summed E-state index contributed by atoms with van der Waals surface area (Å²) in [5.41, 5.74) is 10.3. The molecule has 0 aromatic rings. The van der Waals surface area contributed by atoms with Crippen LogP contribution in [-0.2, 0) is 24.0 Å². The van der Waals surface area contributed by atoms with Crippen molar-refractivity contribution in [2.24, 2.45) is 16.5 Å². The van der Waals surface area contributed by atoms with E-state index in [-0.39, 0.29) is 18.9 Å². The molecule has 0 saturated carbocycles. The number of nitrogens with one attached hydrogen (secondary N) is 4. The second-order valence-electron chi connectivity index (χ2n) is 6.93. The van der Waals surface area contributed by atoms with Crippen molar-refractivity contribution in [2.75, 3.05) is 19.6 Å². The summed E-state index contributed by atoms with van der Waals surface area (Å²) >= 11 is 0. The number of guanidine groups is 1. The predicted molar refractivity (Wildman–Crippen MR) is 108 cm³/mol. The molecule has 1 aliphatic heterocycles. The molecule has 3 unspecified atom stereocenters. The number of hydrogen-bond acceptors (Lipinski definition) is 7. The molecule has 10 N–H and O–H groups in total. The van der Waals surface area contributed by atoms with E-state index in [0.29, 0.717) is 19.4 Å². The lowest BCUT2D eigenvalue weighted by atomic mass is 10.1. The van der Waals surface area contributed by atoms with Gasteiger partial charge >= 0.3 is 11.9 Å². The Bertz CT molecular complexity index is 703. The fourth-order valence-corrected chi connectivity index (χ4v) is 2.86. The second-order valence-corrected chi connectivity index (χ2v) is 6.93. The minimum Gasteiger partial charge on any atom is -0.481 e. The third kappa shape index (κ3) is 10.3. The highest BCUT2D eigenvalue weighted by atomic mass is 16.4. The Kier molecular flexibility index (Phi) is 10.7. The van der Waals surface area contributed by atoms with E-state index in [1.807, 2.05) is 0 Å². The van der Waals surface area contributed by atoms with Crippen LogP contribution in [0.25, 0.3) is 0 Å². The average Bonchev–Trinajstić information content (AvgIpc) is 3.22. The molecule has 14 heteroatoms. The van der Waals surface area contributed by atoms with Crippen LogP contribution < -0.4 is 32.7 Å². The van der Waals surface area contributed by atoms with Crippen molar-refractivity contribution in [2.45, 2.75) is 50.2 Å². The summed E-state index contributed by atoms with van der Waals surface area (Å²) in [6.45, 7) is 0.236. The van der Waals surface area contributed by atoms with Crippen LogP contribution >= 0.6 is 0 Å². The van der Waals surface area contributed by atoms with Crippen molar-refractivity contribution in [1.29, 1.82) is 0 Å². The Morgan fingerprint density at radius 2 is 1.81 bits per heavy atom. The number of nitrogens with zero attached hydrogens (tertiary/aromatic N) is 1. The van der Waals surface area contributed by atoms with Crippen LogP contribution in [-0.4, -0.2) is 83.6 Å². The molecule has 1 aliphatic rings. The van der Waals surface area contributed by atoms with Gasteiger partial charge in [0.25, 0.3) is 0 Å². The van der Waals surface area contributed by atoms with Gasteiger partial charge in [0.15, 0.2) is 5.96 Å². The highest BCUT2D eigenvalue weighted by Crippen LogP contribution is 2.06. The molecule has 14 nitrogen and oxygen atoms in total. The number of amides is 3. The molecule has 0 spiro atoms. The smallest absolute Gasteiger partial charge is 0.326 e. The molecule has 0 aromatic carbocycles. The van der Waals surface area contributed by atoms with E-state index in [1.54, 1.807) is 0 Å². The molecule has 1 saturated heterocycles. The van der Waals surface area contributed by atoms with E-state index >= 15 is 0 Å². The van der Waals surface area contributed by atoms with Gasteiger partial charge in [0.05, 0.1) is 19.0 Å². The molecule has 0 aliphatic carbocycles. The Hall–Kier alpha value is -3.42. The van der Waals surface area contributed by atoms with Crippen LogP contribution in [0, 0.1) is 0 Å². The summed E-state index contributed by atoms with van der Waals surface area (Å²) in [5, 5.41) is 27.9. The number of carbonyl (C=O) groups excluding carboxylic acids is 3. The van der Waals surface area contributed by atoms with E-state index in [0.717, 1.165) is 6.42 Å². The first kappa shape index (κ1) is 25.6. The van der Waals surface area contributed by atoms with E-state index in [2.05, 4.69) is 26.3 Å². The van der Waals surface area contributed by atoms with Crippen molar-refractivity contribution >= 4 is 35.6 Å². The van der Waals surface area contributed by atoms with Crippen molar-refractivity contribution in [1.82, 2.24) is 21.3 Å². The van der Waals surface area contributed by atoms with Crippen LogP contribution in [0.5, 0.6) is 0 Å². The first-order valence-electron chi connectivity index (χ1n) is 9.71. The number of carboxylic acid groups (broad SMARTS) is 2. The molecule has 3 amide bonds. The number of aliphatic imine (C=N–C) groups is 1. The molecular formula is C17H29N7O7. The number of carbonyl (C=O) groups is 5. The minimum atomic E-state index is -1.38. The van der Waals surface area contributed by atoms with Crippen molar-refractivity contribution in [3.05, 3.63) is 0 Å². The topological polar surface area (TPSA) is 238 Å². The van der Waals surface area contributed by atoms with Gasteiger partial charge in [0.1, 0.15) is 12.1 Å². The summed E-state index contributed by atoms with van der Waals surface area (Å²) in [6, 6.07) is -3.11. The van der Waals surface area contributed by atoms with Gasteiger partial charge in [-0.25, -0.2) is 4.79 Å². The van der Waals surface area contributed by atoms with Crippen LogP contribution in [0.15, 0.2) is 4.99 Å². The molecule has 174 valence electrons. The number of rotatable bonds is 13. The van der Waals surface area contributed by atoms with E-state index in [9.17, 15) is 29.1 Å². The highest BCUT2D eigenvalue weighted by Gasteiger charge is 2.29. The van der Waals surface area contributed by atoms with Gasteiger partial charge in [-0.05, 0) is 32.2 Å². The third-order valence-corrected chi connectivity index (χ3v) is 4.39. The van der Waals surface area contributed by atoms with Crippen molar-refractivity contribution in [3.8, 4) is 0 Å². The number of nitrogens with two attached hydrogens (primary N) is 2. The molecule has 1 rings (SSSR count). The molecular weight excluding hydrogens is 414 g/mol. The molecule has 0 bridgehead atoms. The Balaban J connectivity index is 2.54. The second kappa shape index (κ2) is 13.0. The van der Waals surface area contributed by atoms with Crippen molar-refractivity contribution < 1.29 is 34.2 Å². The van der Waals surface area contributed by atoms with Crippen molar-refractivity contribution in [3.63, 3.8) is 0 Å². The number of carboxylic acids is 2. The maximum Gasteiger partial charge on any atom is 0.326 e. The monoisotopic (exact) mass is 443 g/mol. The van der Waals surface area contributed by atoms with Crippen LogP contribution in [0.4, 0.5) is 0 Å². The fraction of sp³-hybridized carbons (Fsp3) is 0.647. The third-order valence-electron chi connectivity index (χ3n) is 4.39. The predicted octanol–water partition coefficient (Wildman–Crippen LogP) is -3.56. The summed E-state index contributed by atoms with van der Waals surface area (Å²) in [6.07, 6.45) is 1.02. The first-order valence-corrected chi connectivity index (χ1v) is 9.71. The zero-order chi connectivity index (χ0) is 23.4. The summed E-state index contributed by atoms with van der Waals surface area (Å²) < 4.78 is 0. The SMILES string of the molecule is NC(N)=NCCCC(NC(=O)CNC(=O)C(CC(=O)O)NC(=O)C1CCCN1)C(=O)O. The normalized spacial score (nSPS) is 17.1. The van der Waals surface area contributed by atoms with Gasteiger partial charge in [-0.15, -0.1) is 0 Å². The molecule has 0 radical (unpaired) electrons. The molecule has 3 atom stereocenters. The van der Waals surface area contributed by atoms with Crippen LogP contribution in [0.3, 0.4) is 0 Å². The van der Waals surface area contributed by atoms with Crippen LogP contribution in [0.1, 0.15) is 32.1 Å². The maximum atomic E-state index is 12.3. The van der Waals surface area contributed by atoms with E-state index in [4.69, 9.17) is 16.6 Å². The lowest BCUT2D eigenvalue weighted by molar-refractivity contribution is -0.142. The maximum absolute atomic E-state index is 12.3. The number of hydrogen-bond donors (Lipinski definition) is 8. The summed E-state index contributed by atoms with van der Waals surface area (Å²) in [7, 11) is 0. The highest BCUT2D eigenvalue weighted by molar-refractivity contribution is 5.94. The Labute approximate surface area is 178 Å². The van der Waals surface area contributed by atoms with Crippen LogP contribution in [0.2, 0.25) is 0 Å². The molecule has 1 fully saturated rings. The molecule has 1 heterocycles. The fourth-order valence-electron chi connectivity index (χ4n) is 2.86. The van der Waals surface area contributed by atoms with Gasteiger partial charge in [0.2, 0.25) is 17.7 Å². The Morgan fingerprint density at radius 3 is 2.35 bits per heavy atom. The molecule has 31 heavy (non-hydrogen) atoms. The standard InChI is InChI=1S/C17H29N7O7/c18-17(19)21-6-2-4-10(16(30)31)23-12(25)8-22-14(28)11(7-13(26)27)24-15(29)9-3-1-5-20-9/h9-11,20H,1-8H2,(H,22,28)(H,23,25)(H,24,29)(H,26,27)(H,30,31)(H4,18,19,21). The van der Waals surface area contributed by atoms with Gasteiger partial charge in [-0.3, -0.25) is 24.2 Å². The quantitative estimate of drug-likeness (QED) is 0.0791. The van der Waals surface area contributed by atoms with E-state index < -0.39 is 60.8 Å². The average molecular weight is 443 g/mol. The van der Waals surface area contributed by atoms with E-state index in [1.165, 1.54) is 0 Å². The van der Waals surface area contributed by atoms with Gasteiger partial charge in [-0.1, -0.05) is 0 Å². The minimum absolute atomic E-state index is 0.0535. The zero-order valence-electron chi connectivity index (χ0n) is 16.9. The zero-order valence-corrected chi connectivity index (χ0v) is 16.9. The number of aliphatic carboxylic acids is 2.